The average Bonchev–Trinajstić information content (AvgIpc) is 3.19. The van der Waals surface area contributed by atoms with Crippen LogP contribution in [0.5, 0.6) is 11.5 Å². The van der Waals surface area contributed by atoms with Crippen molar-refractivity contribution in [3.8, 4) is 22.6 Å². The molecule has 5 aromatic carbocycles. The summed E-state index contributed by atoms with van der Waals surface area (Å²) in [6.45, 7) is 3.51. The van der Waals surface area contributed by atoms with Crippen LogP contribution >= 0.6 is 0 Å². The Balaban J connectivity index is 1.00. The van der Waals surface area contributed by atoms with Gasteiger partial charge in [0.25, 0.3) is 0 Å². The molecule has 2 aliphatic rings. The van der Waals surface area contributed by atoms with Gasteiger partial charge in [-0.15, -0.1) is 0 Å². The number of aliphatic hydroxyl groups excluding tert-OH is 1. The van der Waals surface area contributed by atoms with Gasteiger partial charge in [0, 0.05) is 30.8 Å². The van der Waals surface area contributed by atoms with E-state index in [-0.39, 0.29) is 24.8 Å². The molecule has 3 atom stereocenters. The summed E-state index contributed by atoms with van der Waals surface area (Å²) in [4.78, 5) is 15.4. The zero-order valence-electron chi connectivity index (χ0n) is 30.2. The van der Waals surface area contributed by atoms with Crippen LogP contribution < -0.4 is 15.4 Å². The number of nitrogens with zero attached hydrogens (tertiary/aromatic N) is 1. The third-order valence-corrected chi connectivity index (χ3v) is 9.99. The minimum absolute atomic E-state index is 0.0207. The molecule has 0 aliphatic carbocycles. The highest BCUT2D eigenvalue weighted by molar-refractivity contribution is 5.89. The van der Waals surface area contributed by atoms with Crippen molar-refractivity contribution in [2.24, 2.45) is 0 Å². The van der Waals surface area contributed by atoms with E-state index in [2.05, 4.69) is 64.1 Å². The molecule has 2 aliphatic heterocycles. The number of likely N-dealkylation sites (tertiary alicyclic amines) is 1. The summed E-state index contributed by atoms with van der Waals surface area (Å²) in [5, 5.41) is 15.5. The fourth-order valence-electron chi connectivity index (χ4n) is 7.13. The summed E-state index contributed by atoms with van der Waals surface area (Å²) < 4.78 is 19.3. The van der Waals surface area contributed by atoms with Gasteiger partial charge in [-0.25, -0.2) is 4.79 Å². The predicted molar refractivity (Wildman–Crippen MR) is 209 cm³/mol. The number of hydrogen-bond donors (Lipinski definition) is 3. The molecule has 2 saturated heterocycles. The molecule has 8 nitrogen and oxygen atoms in total. The summed E-state index contributed by atoms with van der Waals surface area (Å²) in [5.74, 6) is 1.45. The van der Waals surface area contributed by atoms with Crippen molar-refractivity contribution in [2.45, 2.75) is 70.2 Å². The standard InChI is InChI=1S/C45H49N3O5/c49-32-33-17-19-35(20-18-33)43-29-42(31-48-25-7-2-1-3-8-26-48)52-44(53-43)38-14-10-13-37(28-38)36-12-9-11-34(27-36)30-46-45(50)47-39-21-23-41(24-22-39)51-40-15-5-4-6-16-40/h4-6,9-24,27-28,42-44,49H,1-3,7-8,25-26,29-32H2,(H2,46,47,50). The number of rotatable bonds is 11. The molecule has 0 saturated carbocycles. The maximum Gasteiger partial charge on any atom is 0.319 e. The second-order valence-corrected chi connectivity index (χ2v) is 14.0. The fraction of sp³-hybridized carbons (Fsp3) is 0.311. The van der Waals surface area contributed by atoms with Crippen LogP contribution in [-0.2, 0) is 22.6 Å². The number of carbonyl (C=O) groups excluding carboxylic acids is 1. The largest absolute Gasteiger partial charge is 0.457 e. The lowest BCUT2D eigenvalue weighted by molar-refractivity contribution is -0.253. The summed E-state index contributed by atoms with van der Waals surface area (Å²) >= 11 is 0. The molecule has 3 N–H and O–H groups in total. The molecule has 7 rings (SSSR count). The Hall–Kier alpha value is -4.99. The van der Waals surface area contributed by atoms with Gasteiger partial charge >= 0.3 is 6.03 Å². The molecule has 5 aromatic rings. The summed E-state index contributed by atoms with van der Waals surface area (Å²) in [5.41, 5.74) is 6.72. The molecular formula is C45H49N3O5. The van der Waals surface area contributed by atoms with Gasteiger partial charge in [-0.3, -0.25) is 0 Å². The van der Waals surface area contributed by atoms with Crippen LogP contribution in [0.15, 0.2) is 127 Å². The number of hydrogen-bond acceptors (Lipinski definition) is 6. The van der Waals surface area contributed by atoms with Gasteiger partial charge in [0.2, 0.25) is 0 Å². The molecule has 53 heavy (non-hydrogen) atoms. The number of anilines is 1. The molecule has 0 aromatic heterocycles. The van der Waals surface area contributed by atoms with E-state index in [0.717, 1.165) is 65.2 Å². The molecule has 0 bridgehead atoms. The maximum atomic E-state index is 12.8. The highest BCUT2D eigenvalue weighted by atomic mass is 16.7. The Morgan fingerprint density at radius 1 is 0.698 bits per heavy atom. The van der Waals surface area contributed by atoms with E-state index in [0.29, 0.717) is 18.0 Å². The third kappa shape index (κ3) is 10.3. The first-order valence-electron chi connectivity index (χ1n) is 18.9. The first kappa shape index (κ1) is 36.4. The van der Waals surface area contributed by atoms with Gasteiger partial charge in [-0.2, -0.15) is 0 Å². The van der Waals surface area contributed by atoms with Crippen molar-refractivity contribution in [3.05, 3.63) is 150 Å². The molecule has 274 valence electrons. The Labute approximate surface area is 312 Å². The van der Waals surface area contributed by atoms with Crippen LogP contribution in [0.3, 0.4) is 0 Å². The number of para-hydroxylation sites is 1. The van der Waals surface area contributed by atoms with Gasteiger partial charge in [-0.05, 0) is 102 Å². The molecule has 0 spiro atoms. The molecule has 8 heteroatoms. The second-order valence-electron chi connectivity index (χ2n) is 14.0. The van der Waals surface area contributed by atoms with Gasteiger partial charge in [0.1, 0.15) is 11.5 Å². The van der Waals surface area contributed by atoms with Crippen LogP contribution in [0.1, 0.15) is 73.2 Å². The number of carbonyl (C=O) groups is 1. The third-order valence-electron chi connectivity index (χ3n) is 9.99. The Morgan fingerprint density at radius 3 is 2.15 bits per heavy atom. The number of benzene rings is 5. The molecule has 2 heterocycles. The highest BCUT2D eigenvalue weighted by Crippen LogP contribution is 2.39. The molecule has 2 amide bonds. The first-order valence-corrected chi connectivity index (χ1v) is 18.9. The minimum atomic E-state index is -0.515. The Morgan fingerprint density at radius 2 is 1.40 bits per heavy atom. The van der Waals surface area contributed by atoms with Crippen LogP contribution in [0.2, 0.25) is 0 Å². The van der Waals surface area contributed by atoms with Gasteiger partial charge in [0.05, 0.1) is 18.8 Å². The monoisotopic (exact) mass is 711 g/mol. The normalized spacial score (nSPS) is 19.5. The van der Waals surface area contributed by atoms with E-state index >= 15 is 0 Å². The minimum Gasteiger partial charge on any atom is -0.457 e. The molecular weight excluding hydrogens is 663 g/mol. The molecule has 2 fully saturated rings. The predicted octanol–water partition coefficient (Wildman–Crippen LogP) is 9.77. The maximum absolute atomic E-state index is 12.8. The van der Waals surface area contributed by atoms with Gasteiger partial charge in [-0.1, -0.05) is 98.1 Å². The van der Waals surface area contributed by atoms with Crippen LogP contribution in [0, 0.1) is 0 Å². The van der Waals surface area contributed by atoms with E-state index in [4.69, 9.17) is 14.2 Å². The highest BCUT2D eigenvalue weighted by Gasteiger charge is 2.33. The quantitative estimate of drug-likeness (QED) is 0.126. The molecule has 0 radical (unpaired) electrons. The fourth-order valence-corrected chi connectivity index (χ4v) is 7.13. The van der Waals surface area contributed by atoms with Crippen molar-refractivity contribution >= 4 is 11.7 Å². The number of aliphatic hydroxyl groups is 1. The van der Waals surface area contributed by atoms with Crippen molar-refractivity contribution in [1.29, 1.82) is 0 Å². The Bertz CT molecular complexity index is 1890. The van der Waals surface area contributed by atoms with Crippen LogP contribution in [-0.4, -0.2) is 41.8 Å². The lowest BCUT2D eigenvalue weighted by Gasteiger charge is -2.39. The summed E-state index contributed by atoms with van der Waals surface area (Å²) in [6, 6.07) is 41.3. The summed E-state index contributed by atoms with van der Waals surface area (Å²) in [6.07, 6.45) is 6.57. The van der Waals surface area contributed by atoms with Crippen LogP contribution in [0.4, 0.5) is 10.5 Å². The average molecular weight is 712 g/mol. The van der Waals surface area contributed by atoms with Crippen molar-refractivity contribution < 1.29 is 24.1 Å². The number of urea groups is 1. The summed E-state index contributed by atoms with van der Waals surface area (Å²) in [7, 11) is 0. The number of nitrogens with one attached hydrogen (secondary N) is 2. The topological polar surface area (TPSA) is 92.3 Å². The van der Waals surface area contributed by atoms with Crippen molar-refractivity contribution in [1.82, 2.24) is 10.2 Å². The number of ether oxygens (including phenoxy) is 3. The lowest BCUT2D eigenvalue weighted by Crippen LogP contribution is -2.40. The smallest absolute Gasteiger partial charge is 0.319 e. The van der Waals surface area contributed by atoms with Gasteiger partial charge in [0.15, 0.2) is 6.29 Å². The van der Waals surface area contributed by atoms with E-state index in [1.54, 1.807) is 0 Å². The first-order chi connectivity index (χ1) is 26.1. The zero-order valence-corrected chi connectivity index (χ0v) is 30.2. The SMILES string of the molecule is O=C(NCc1cccc(-c2cccc(C3OC(CN4CCCCCCC4)CC(c4ccc(CO)cc4)O3)c2)c1)Nc1ccc(Oc2ccccc2)cc1. The van der Waals surface area contributed by atoms with Gasteiger partial charge < -0.3 is 34.9 Å². The zero-order chi connectivity index (χ0) is 36.2. The van der Waals surface area contributed by atoms with Crippen molar-refractivity contribution in [2.75, 3.05) is 25.0 Å². The van der Waals surface area contributed by atoms with E-state index in [1.165, 1.54) is 32.1 Å². The van der Waals surface area contributed by atoms with E-state index in [9.17, 15) is 9.90 Å². The number of amides is 2. The Kier molecular flexibility index (Phi) is 12.5. The van der Waals surface area contributed by atoms with E-state index < -0.39 is 6.29 Å². The van der Waals surface area contributed by atoms with Crippen LogP contribution in [0.25, 0.3) is 11.1 Å². The molecule has 3 unspecified atom stereocenters. The van der Waals surface area contributed by atoms with E-state index in [1.807, 2.05) is 78.9 Å². The van der Waals surface area contributed by atoms with Crippen molar-refractivity contribution in [3.63, 3.8) is 0 Å². The second kappa shape index (κ2) is 18.2. The lowest BCUT2D eigenvalue weighted by atomic mass is 9.98.